The Bertz CT molecular complexity index is 763. The minimum atomic E-state index is 0.328. The molecule has 3 rings (SSSR count). The lowest BCUT2D eigenvalue weighted by Crippen LogP contribution is -2.11. The summed E-state index contributed by atoms with van der Waals surface area (Å²) in [5.41, 5.74) is 6.38. The number of nitrogens with one attached hydrogen (secondary N) is 3. The second kappa shape index (κ2) is 4.78. The fourth-order valence-electron chi connectivity index (χ4n) is 1.99. The van der Waals surface area contributed by atoms with E-state index < -0.39 is 0 Å². The smallest absolute Gasteiger partial charge is 0.241 e. The molecule has 1 aromatic carbocycles. The van der Waals surface area contributed by atoms with Crippen LogP contribution in [-0.4, -0.2) is 20.2 Å². The molecule has 3 aromatic rings. The van der Waals surface area contributed by atoms with Gasteiger partial charge in [-0.3, -0.25) is 10.5 Å². The fourth-order valence-corrected chi connectivity index (χ4v) is 1.99. The maximum absolute atomic E-state index is 5.39. The number of anilines is 3. The summed E-state index contributed by atoms with van der Waals surface area (Å²) in [6.45, 7) is 4.09. The number of aromatic nitrogens is 4. The lowest BCUT2D eigenvalue weighted by Gasteiger charge is -2.11. The molecule has 0 atom stereocenters. The molecule has 0 saturated carbocycles. The quantitative estimate of drug-likeness (QED) is 0.428. The van der Waals surface area contributed by atoms with Gasteiger partial charge in [0.2, 0.25) is 5.95 Å². The van der Waals surface area contributed by atoms with Gasteiger partial charge in [0.05, 0.1) is 11.6 Å². The molecule has 0 aliphatic carbocycles. The summed E-state index contributed by atoms with van der Waals surface area (Å²) in [5.74, 6) is 6.37. The zero-order valence-corrected chi connectivity index (χ0v) is 11.2. The number of rotatable bonds is 3. The first-order valence-corrected chi connectivity index (χ1v) is 6.19. The van der Waals surface area contributed by atoms with Gasteiger partial charge in [-0.2, -0.15) is 15.1 Å². The van der Waals surface area contributed by atoms with E-state index in [1.807, 2.05) is 13.8 Å². The molecule has 102 valence electrons. The second-order valence-electron chi connectivity index (χ2n) is 4.62. The largest absolute Gasteiger partial charge is 0.339 e. The van der Waals surface area contributed by atoms with Crippen molar-refractivity contribution >= 4 is 28.5 Å². The molecule has 7 nitrogen and oxygen atoms in total. The highest BCUT2D eigenvalue weighted by Gasteiger charge is 2.10. The van der Waals surface area contributed by atoms with Crippen molar-refractivity contribution in [2.24, 2.45) is 5.84 Å². The number of hydrogen-bond acceptors (Lipinski definition) is 6. The molecule has 0 amide bonds. The van der Waals surface area contributed by atoms with Crippen molar-refractivity contribution < 1.29 is 0 Å². The van der Waals surface area contributed by atoms with E-state index in [-0.39, 0.29) is 0 Å². The van der Waals surface area contributed by atoms with Crippen LogP contribution in [0.4, 0.5) is 17.5 Å². The zero-order chi connectivity index (χ0) is 14.1. The molecule has 0 aliphatic rings. The molecule has 0 fully saturated rings. The van der Waals surface area contributed by atoms with E-state index in [1.54, 1.807) is 6.20 Å². The Hall–Kier alpha value is -2.67. The van der Waals surface area contributed by atoms with Crippen LogP contribution in [0.15, 0.2) is 24.4 Å². The van der Waals surface area contributed by atoms with Crippen LogP contribution in [-0.2, 0) is 0 Å². The van der Waals surface area contributed by atoms with Crippen molar-refractivity contribution in [3.05, 3.63) is 35.5 Å². The van der Waals surface area contributed by atoms with Crippen molar-refractivity contribution in [2.75, 3.05) is 10.7 Å². The number of benzene rings is 1. The zero-order valence-electron chi connectivity index (χ0n) is 11.2. The third kappa shape index (κ3) is 2.14. The van der Waals surface area contributed by atoms with Gasteiger partial charge in [-0.15, -0.1) is 0 Å². The number of hydrazine groups is 1. The summed E-state index contributed by atoms with van der Waals surface area (Å²) in [5, 5.41) is 10.9. The van der Waals surface area contributed by atoms with Crippen LogP contribution in [0.1, 0.15) is 11.1 Å². The van der Waals surface area contributed by atoms with Gasteiger partial charge in [-0.25, -0.2) is 5.84 Å². The molecule has 20 heavy (non-hydrogen) atoms. The van der Waals surface area contributed by atoms with Crippen molar-refractivity contribution in [2.45, 2.75) is 13.8 Å². The summed E-state index contributed by atoms with van der Waals surface area (Å²) in [4.78, 5) is 8.53. The Morgan fingerprint density at radius 3 is 2.85 bits per heavy atom. The van der Waals surface area contributed by atoms with Gasteiger partial charge in [0.25, 0.3) is 0 Å². The van der Waals surface area contributed by atoms with Crippen molar-refractivity contribution in [3.8, 4) is 0 Å². The van der Waals surface area contributed by atoms with E-state index in [2.05, 4.69) is 49.1 Å². The van der Waals surface area contributed by atoms with Gasteiger partial charge < -0.3 is 5.32 Å². The topological polar surface area (TPSA) is 105 Å². The number of aromatic amines is 1. The standard InChI is InChI=1S/C13H15N7/c1-7-3-4-8(2)10(5-7)16-11-9-6-15-20-12(9)18-13(17-11)19-14/h3-6H,14H2,1-2H3,(H3,15,16,17,18,19,20). The van der Waals surface area contributed by atoms with Crippen molar-refractivity contribution in [1.29, 1.82) is 0 Å². The third-order valence-corrected chi connectivity index (χ3v) is 3.08. The number of nitrogen functional groups attached to an aromatic ring is 1. The van der Waals surface area contributed by atoms with E-state index >= 15 is 0 Å². The van der Waals surface area contributed by atoms with Crippen LogP contribution in [0.5, 0.6) is 0 Å². The summed E-state index contributed by atoms with van der Waals surface area (Å²) in [7, 11) is 0. The molecular formula is C13H15N7. The van der Waals surface area contributed by atoms with Crippen LogP contribution in [0, 0.1) is 13.8 Å². The van der Waals surface area contributed by atoms with E-state index in [9.17, 15) is 0 Å². The maximum atomic E-state index is 5.39. The average Bonchev–Trinajstić information content (AvgIpc) is 2.91. The predicted octanol–water partition coefficient (Wildman–Crippen LogP) is 2.00. The molecule has 5 N–H and O–H groups in total. The van der Waals surface area contributed by atoms with Gasteiger partial charge in [0, 0.05) is 5.69 Å². The maximum Gasteiger partial charge on any atom is 0.241 e. The first-order chi connectivity index (χ1) is 9.67. The monoisotopic (exact) mass is 269 g/mol. The normalized spacial score (nSPS) is 10.8. The van der Waals surface area contributed by atoms with E-state index in [1.165, 1.54) is 5.56 Å². The first-order valence-electron chi connectivity index (χ1n) is 6.19. The highest BCUT2D eigenvalue weighted by atomic mass is 15.3. The van der Waals surface area contributed by atoms with Gasteiger partial charge >= 0.3 is 0 Å². The highest BCUT2D eigenvalue weighted by Crippen LogP contribution is 2.26. The van der Waals surface area contributed by atoms with Crippen LogP contribution >= 0.6 is 0 Å². The van der Waals surface area contributed by atoms with Crippen molar-refractivity contribution in [1.82, 2.24) is 20.2 Å². The highest BCUT2D eigenvalue weighted by molar-refractivity contribution is 5.89. The second-order valence-corrected chi connectivity index (χ2v) is 4.62. The average molecular weight is 269 g/mol. The SMILES string of the molecule is Cc1ccc(C)c(Nc2nc(NN)nc3[nH]ncc23)c1. The van der Waals surface area contributed by atoms with E-state index in [4.69, 9.17) is 5.84 Å². The first kappa shape index (κ1) is 12.4. The Morgan fingerprint density at radius 2 is 2.05 bits per heavy atom. The molecule has 0 bridgehead atoms. The molecule has 0 unspecified atom stereocenters. The Labute approximate surface area is 115 Å². The summed E-state index contributed by atoms with van der Waals surface area (Å²) in [6.07, 6.45) is 1.68. The molecule has 0 saturated heterocycles. The van der Waals surface area contributed by atoms with Crippen LogP contribution in [0.25, 0.3) is 11.0 Å². The lowest BCUT2D eigenvalue weighted by atomic mass is 10.1. The molecule has 0 radical (unpaired) electrons. The Balaban J connectivity index is 2.09. The fraction of sp³-hybridized carbons (Fsp3) is 0.154. The predicted molar refractivity (Wildman–Crippen MR) is 78.7 cm³/mol. The van der Waals surface area contributed by atoms with Gasteiger partial charge in [-0.1, -0.05) is 12.1 Å². The minimum Gasteiger partial charge on any atom is -0.339 e. The van der Waals surface area contributed by atoms with E-state index in [0.29, 0.717) is 17.4 Å². The molecule has 2 aromatic heterocycles. The van der Waals surface area contributed by atoms with E-state index in [0.717, 1.165) is 16.6 Å². The van der Waals surface area contributed by atoms with Gasteiger partial charge in [-0.05, 0) is 31.0 Å². The third-order valence-electron chi connectivity index (χ3n) is 3.08. The molecule has 7 heteroatoms. The Morgan fingerprint density at radius 1 is 1.20 bits per heavy atom. The number of fused-ring (bicyclic) bond motifs is 1. The number of H-pyrrole nitrogens is 1. The minimum absolute atomic E-state index is 0.328. The van der Waals surface area contributed by atoms with Crippen LogP contribution in [0.2, 0.25) is 0 Å². The van der Waals surface area contributed by atoms with Crippen LogP contribution in [0.3, 0.4) is 0 Å². The lowest BCUT2D eigenvalue weighted by molar-refractivity contribution is 1.08. The number of nitrogens with two attached hydrogens (primary N) is 1. The number of aryl methyl sites for hydroxylation is 2. The number of nitrogens with zero attached hydrogens (tertiary/aromatic N) is 3. The van der Waals surface area contributed by atoms with Gasteiger partial charge in [0.15, 0.2) is 5.65 Å². The number of hydrogen-bond donors (Lipinski definition) is 4. The van der Waals surface area contributed by atoms with Gasteiger partial charge in [0.1, 0.15) is 5.82 Å². The summed E-state index contributed by atoms with van der Waals surface area (Å²) in [6, 6.07) is 6.20. The summed E-state index contributed by atoms with van der Waals surface area (Å²) >= 11 is 0. The molecular weight excluding hydrogens is 254 g/mol. The molecule has 0 aliphatic heterocycles. The summed E-state index contributed by atoms with van der Waals surface area (Å²) < 4.78 is 0. The Kier molecular flexibility index (Phi) is 2.96. The van der Waals surface area contributed by atoms with Crippen LogP contribution < -0.4 is 16.6 Å². The molecule has 0 spiro atoms. The molecule has 2 heterocycles. The van der Waals surface area contributed by atoms with Crippen molar-refractivity contribution in [3.63, 3.8) is 0 Å².